The first-order valence-electron chi connectivity index (χ1n) is 8.72. The minimum Gasteiger partial charge on any atom is -0.347 e. The Morgan fingerprint density at radius 3 is 2.35 bits per heavy atom. The molecule has 2 aromatic rings. The molecule has 1 aliphatic heterocycles. The van der Waals surface area contributed by atoms with Crippen molar-refractivity contribution in [1.82, 2.24) is 9.97 Å². The maximum Gasteiger partial charge on any atom is 0.225 e. The van der Waals surface area contributed by atoms with E-state index in [0.29, 0.717) is 19.2 Å². The fourth-order valence-corrected chi connectivity index (χ4v) is 2.77. The van der Waals surface area contributed by atoms with Gasteiger partial charge in [-0.25, -0.2) is 14.4 Å². The summed E-state index contributed by atoms with van der Waals surface area (Å²) in [6.45, 7) is 5.37. The Morgan fingerprint density at radius 1 is 1.12 bits per heavy atom. The Morgan fingerprint density at radius 2 is 1.77 bits per heavy atom. The summed E-state index contributed by atoms with van der Waals surface area (Å²) in [7, 11) is 3.81. The van der Waals surface area contributed by atoms with Crippen molar-refractivity contribution in [3.05, 3.63) is 47.4 Å². The summed E-state index contributed by atoms with van der Waals surface area (Å²) in [5.41, 5.74) is 3.43. The average molecular weight is 357 g/mol. The van der Waals surface area contributed by atoms with Gasteiger partial charge < -0.3 is 14.4 Å². The third-order valence-corrected chi connectivity index (χ3v) is 4.10. The van der Waals surface area contributed by atoms with Crippen LogP contribution in [0.1, 0.15) is 31.0 Å². The van der Waals surface area contributed by atoms with Crippen molar-refractivity contribution in [3.8, 4) is 11.3 Å². The lowest BCUT2D eigenvalue weighted by atomic mass is 9.98. The molecule has 0 bridgehead atoms. The van der Waals surface area contributed by atoms with E-state index in [1.54, 1.807) is 12.1 Å². The Balaban J connectivity index is 2.15. The first kappa shape index (κ1) is 18.5. The van der Waals surface area contributed by atoms with E-state index in [1.165, 1.54) is 12.1 Å². The molecule has 3 rings (SSSR count). The van der Waals surface area contributed by atoms with Gasteiger partial charge >= 0.3 is 0 Å². The minimum atomic E-state index is -0.357. The molecular weight excluding hydrogens is 333 g/mol. The first-order valence-corrected chi connectivity index (χ1v) is 8.72. The maximum atomic E-state index is 13.4. The summed E-state index contributed by atoms with van der Waals surface area (Å²) in [4.78, 5) is 11.3. The fourth-order valence-electron chi connectivity index (χ4n) is 2.77. The zero-order valence-electron chi connectivity index (χ0n) is 15.6. The molecule has 0 aliphatic carbocycles. The number of halogens is 1. The van der Waals surface area contributed by atoms with E-state index in [4.69, 9.17) is 19.4 Å². The second-order valence-corrected chi connectivity index (χ2v) is 6.70. The van der Waals surface area contributed by atoms with E-state index in [-0.39, 0.29) is 18.0 Å². The largest absolute Gasteiger partial charge is 0.347 e. The van der Waals surface area contributed by atoms with Gasteiger partial charge in [-0.15, -0.1) is 0 Å². The molecule has 6 heteroatoms. The van der Waals surface area contributed by atoms with Crippen LogP contribution in [0.3, 0.4) is 0 Å². The van der Waals surface area contributed by atoms with Crippen molar-refractivity contribution >= 4 is 12.0 Å². The van der Waals surface area contributed by atoms with Crippen LogP contribution in [0, 0.1) is 5.82 Å². The topological polar surface area (TPSA) is 47.5 Å². The smallest absolute Gasteiger partial charge is 0.225 e. The van der Waals surface area contributed by atoms with Crippen LogP contribution in [0.25, 0.3) is 17.3 Å². The molecule has 1 aromatic carbocycles. The van der Waals surface area contributed by atoms with Crippen molar-refractivity contribution < 1.29 is 13.9 Å². The van der Waals surface area contributed by atoms with E-state index >= 15 is 0 Å². The Kier molecular flexibility index (Phi) is 5.64. The van der Waals surface area contributed by atoms with Gasteiger partial charge in [0.1, 0.15) is 5.82 Å². The van der Waals surface area contributed by atoms with E-state index in [9.17, 15) is 4.39 Å². The number of hydrogen-bond donors (Lipinski definition) is 0. The van der Waals surface area contributed by atoms with E-state index in [1.807, 2.05) is 31.1 Å². The quantitative estimate of drug-likeness (QED) is 0.813. The molecule has 0 N–H and O–H groups in total. The van der Waals surface area contributed by atoms with Gasteiger partial charge in [0.15, 0.2) is 6.29 Å². The third kappa shape index (κ3) is 4.08. The zero-order valence-corrected chi connectivity index (χ0v) is 15.6. The predicted molar refractivity (Wildman–Crippen MR) is 101 cm³/mol. The Hall–Kier alpha value is -2.31. The van der Waals surface area contributed by atoms with E-state index in [2.05, 4.69) is 13.8 Å². The number of ether oxygens (including phenoxy) is 2. The van der Waals surface area contributed by atoms with Crippen LogP contribution in [-0.2, 0) is 9.47 Å². The van der Waals surface area contributed by atoms with Gasteiger partial charge in [0.25, 0.3) is 0 Å². The summed E-state index contributed by atoms with van der Waals surface area (Å²) in [6, 6.07) is 6.36. The van der Waals surface area contributed by atoms with Crippen LogP contribution in [0.15, 0.2) is 30.3 Å². The Labute approximate surface area is 153 Å². The lowest BCUT2D eigenvalue weighted by molar-refractivity contribution is -0.000909. The zero-order chi connectivity index (χ0) is 18.7. The highest BCUT2D eigenvalue weighted by Gasteiger charge is 2.19. The lowest BCUT2D eigenvalue weighted by Crippen LogP contribution is -2.16. The molecule has 1 saturated heterocycles. The molecule has 0 radical (unpaired) electrons. The summed E-state index contributed by atoms with van der Waals surface area (Å²) in [6.07, 6.45) is 3.47. The number of anilines is 1. The molecule has 1 aromatic heterocycles. The lowest BCUT2D eigenvalue weighted by Gasteiger charge is -2.19. The molecule has 5 nitrogen and oxygen atoms in total. The highest BCUT2D eigenvalue weighted by molar-refractivity contribution is 5.74. The second-order valence-electron chi connectivity index (χ2n) is 6.70. The van der Waals surface area contributed by atoms with Gasteiger partial charge in [-0.05, 0) is 42.3 Å². The van der Waals surface area contributed by atoms with Gasteiger partial charge in [0.05, 0.1) is 24.6 Å². The van der Waals surface area contributed by atoms with Gasteiger partial charge in [0.2, 0.25) is 5.95 Å². The van der Waals surface area contributed by atoms with Crippen LogP contribution in [0.4, 0.5) is 10.3 Å². The molecule has 138 valence electrons. The number of nitrogens with zero attached hydrogens (tertiary/aromatic N) is 3. The number of aromatic nitrogens is 2. The van der Waals surface area contributed by atoms with E-state index in [0.717, 1.165) is 22.5 Å². The second kappa shape index (κ2) is 7.93. The van der Waals surface area contributed by atoms with Gasteiger partial charge in [-0.3, -0.25) is 0 Å². The standard InChI is InChI=1S/C20H24FN3O2/c1-13(2)18-16(9-10-17-25-11-12-26-17)19(23-20(22-18)24(3)4)14-5-7-15(21)8-6-14/h5-10,13,17H,11-12H2,1-4H3/b10-9+. The van der Waals surface area contributed by atoms with Crippen LogP contribution in [0.2, 0.25) is 0 Å². The first-order chi connectivity index (χ1) is 12.5. The summed E-state index contributed by atoms with van der Waals surface area (Å²) < 4.78 is 24.4. The van der Waals surface area contributed by atoms with Crippen LogP contribution >= 0.6 is 0 Å². The number of benzene rings is 1. The number of hydrogen-bond acceptors (Lipinski definition) is 5. The maximum absolute atomic E-state index is 13.4. The van der Waals surface area contributed by atoms with Crippen LogP contribution in [-0.4, -0.2) is 43.6 Å². The van der Waals surface area contributed by atoms with Crippen LogP contribution in [0.5, 0.6) is 0 Å². The SMILES string of the molecule is CC(C)c1nc(N(C)C)nc(-c2ccc(F)cc2)c1/C=C/C1OCCO1. The van der Waals surface area contributed by atoms with Crippen molar-refractivity contribution in [1.29, 1.82) is 0 Å². The van der Waals surface area contributed by atoms with Crippen molar-refractivity contribution in [3.63, 3.8) is 0 Å². The molecule has 1 fully saturated rings. The summed E-state index contributed by atoms with van der Waals surface area (Å²) in [5, 5.41) is 0. The highest BCUT2D eigenvalue weighted by Crippen LogP contribution is 2.31. The molecule has 0 amide bonds. The monoisotopic (exact) mass is 357 g/mol. The molecule has 2 heterocycles. The van der Waals surface area contributed by atoms with Gasteiger partial charge in [-0.2, -0.15) is 0 Å². The molecular formula is C20H24FN3O2. The molecule has 1 aliphatic rings. The molecule has 0 spiro atoms. The van der Waals surface area contributed by atoms with E-state index < -0.39 is 0 Å². The fraction of sp³-hybridized carbons (Fsp3) is 0.400. The number of rotatable bonds is 5. The molecule has 0 saturated carbocycles. The van der Waals surface area contributed by atoms with Crippen LogP contribution < -0.4 is 4.90 Å². The predicted octanol–water partition coefficient (Wildman–Crippen LogP) is 3.86. The van der Waals surface area contributed by atoms with Gasteiger partial charge in [0, 0.05) is 25.2 Å². The summed E-state index contributed by atoms with van der Waals surface area (Å²) in [5.74, 6) is 0.545. The molecule has 26 heavy (non-hydrogen) atoms. The highest BCUT2D eigenvalue weighted by atomic mass is 19.1. The van der Waals surface area contributed by atoms with Crippen molar-refractivity contribution in [2.75, 3.05) is 32.2 Å². The normalized spacial score (nSPS) is 15.3. The van der Waals surface area contributed by atoms with Gasteiger partial charge in [-0.1, -0.05) is 13.8 Å². The summed E-state index contributed by atoms with van der Waals surface area (Å²) >= 11 is 0. The molecule has 0 atom stereocenters. The van der Waals surface area contributed by atoms with Crippen molar-refractivity contribution in [2.45, 2.75) is 26.1 Å². The average Bonchev–Trinajstić information content (AvgIpc) is 3.13. The molecule has 0 unspecified atom stereocenters. The van der Waals surface area contributed by atoms with Crippen molar-refractivity contribution in [2.24, 2.45) is 0 Å². The minimum absolute atomic E-state index is 0.195. The third-order valence-electron chi connectivity index (χ3n) is 4.10. The Bertz CT molecular complexity index is 782.